The van der Waals surface area contributed by atoms with Crippen molar-refractivity contribution in [1.29, 1.82) is 0 Å². The van der Waals surface area contributed by atoms with Gasteiger partial charge in [-0.2, -0.15) is 0 Å². The first-order valence-electron chi connectivity index (χ1n) is 6.79. The minimum absolute atomic E-state index is 0.265. The number of rotatable bonds is 4. The van der Waals surface area contributed by atoms with Crippen LogP contribution in [0.15, 0.2) is 23.4 Å². The van der Waals surface area contributed by atoms with Crippen molar-refractivity contribution in [2.24, 2.45) is 5.16 Å². The quantitative estimate of drug-likeness (QED) is 0.650. The molecule has 0 amide bonds. The summed E-state index contributed by atoms with van der Waals surface area (Å²) in [7, 11) is 0. The van der Waals surface area contributed by atoms with Crippen LogP contribution in [0, 0.1) is 0 Å². The van der Waals surface area contributed by atoms with Gasteiger partial charge in [0.2, 0.25) is 0 Å². The van der Waals surface area contributed by atoms with E-state index in [1.165, 1.54) is 5.56 Å². The number of aryl methyl sites for hydroxylation is 1. The predicted molar refractivity (Wildman–Crippen MR) is 72.7 cm³/mol. The van der Waals surface area contributed by atoms with Crippen LogP contribution in [0.1, 0.15) is 50.7 Å². The fourth-order valence-electron chi connectivity index (χ4n) is 2.45. The van der Waals surface area contributed by atoms with Gasteiger partial charge >= 0.3 is 0 Å². The summed E-state index contributed by atoms with van der Waals surface area (Å²) < 4.78 is 5.94. The summed E-state index contributed by atoms with van der Waals surface area (Å²) in [6.45, 7) is 4.26. The molecule has 98 valence electrons. The number of fused-ring (bicyclic) bond motifs is 1. The lowest BCUT2D eigenvalue weighted by molar-refractivity contribution is 0.193. The van der Waals surface area contributed by atoms with Crippen molar-refractivity contribution in [3.63, 3.8) is 0 Å². The minimum Gasteiger partial charge on any atom is -0.490 e. The Labute approximate surface area is 108 Å². The molecule has 0 aliphatic heterocycles. The number of oxime groups is 1. The molecule has 0 spiro atoms. The molecule has 1 aliphatic rings. The standard InChI is InChI=1S/C15H21NO2/c1-3-12(4-2)18-13-9-8-11-6-5-7-15(16-17)14(11)10-13/h8-10,12,17H,3-7H2,1-2H3/b16-15-. The Kier molecular flexibility index (Phi) is 4.24. The van der Waals surface area contributed by atoms with Crippen LogP contribution in [0.25, 0.3) is 0 Å². The average Bonchev–Trinajstić information content (AvgIpc) is 2.43. The van der Waals surface area contributed by atoms with Gasteiger partial charge in [-0.25, -0.2) is 0 Å². The summed E-state index contributed by atoms with van der Waals surface area (Å²) in [5.74, 6) is 0.880. The molecule has 2 rings (SSSR count). The molecule has 0 saturated carbocycles. The van der Waals surface area contributed by atoms with Gasteiger partial charge in [0.1, 0.15) is 5.75 Å². The van der Waals surface area contributed by atoms with E-state index >= 15 is 0 Å². The second kappa shape index (κ2) is 5.89. The fourth-order valence-corrected chi connectivity index (χ4v) is 2.45. The third-order valence-electron chi connectivity index (χ3n) is 3.59. The van der Waals surface area contributed by atoms with E-state index in [0.717, 1.165) is 49.1 Å². The van der Waals surface area contributed by atoms with Crippen molar-refractivity contribution < 1.29 is 9.94 Å². The maximum absolute atomic E-state index is 9.05. The highest BCUT2D eigenvalue weighted by atomic mass is 16.5. The van der Waals surface area contributed by atoms with E-state index in [1.807, 2.05) is 12.1 Å². The van der Waals surface area contributed by atoms with Gasteiger partial charge in [-0.15, -0.1) is 0 Å². The van der Waals surface area contributed by atoms with E-state index in [9.17, 15) is 0 Å². The topological polar surface area (TPSA) is 41.8 Å². The van der Waals surface area contributed by atoms with E-state index in [1.54, 1.807) is 0 Å². The molecule has 0 aromatic heterocycles. The summed E-state index contributed by atoms with van der Waals surface area (Å²) in [6.07, 6.45) is 5.24. The first kappa shape index (κ1) is 12.9. The van der Waals surface area contributed by atoms with Crippen molar-refractivity contribution in [3.05, 3.63) is 29.3 Å². The molecule has 0 atom stereocenters. The zero-order valence-corrected chi connectivity index (χ0v) is 11.1. The van der Waals surface area contributed by atoms with Crippen LogP contribution in [0.2, 0.25) is 0 Å². The van der Waals surface area contributed by atoms with Gasteiger partial charge in [0.15, 0.2) is 0 Å². The van der Waals surface area contributed by atoms with Gasteiger partial charge in [0.25, 0.3) is 0 Å². The lowest BCUT2D eigenvalue weighted by Crippen LogP contribution is -2.16. The molecule has 0 saturated heterocycles. The molecule has 0 unspecified atom stereocenters. The summed E-state index contributed by atoms with van der Waals surface area (Å²) in [4.78, 5) is 0. The van der Waals surface area contributed by atoms with Crippen LogP contribution in [0.4, 0.5) is 0 Å². The highest BCUT2D eigenvalue weighted by Crippen LogP contribution is 2.27. The second-order valence-corrected chi connectivity index (χ2v) is 4.78. The number of ether oxygens (including phenoxy) is 1. The van der Waals surface area contributed by atoms with Crippen LogP contribution < -0.4 is 4.74 Å². The van der Waals surface area contributed by atoms with Crippen LogP contribution in [-0.2, 0) is 6.42 Å². The second-order valence-electron chi connectivity index (χ2n) is 4.78. The minimum atomic E-state index is 0.265. The number of nitrogens with zero attached hydrogens (tertiary/aromatic N) is 1. The molecule has 18 heavy (non-hydrogen) atoms. The van der Waals surface area contributed by atoms with Crippen LogP contribution in [0.5, 0.6) is 5.75 Å². The van der Waals surface area contributed by atoms with Gasteiger partial charge in [0.05, 0.1) is 11.8 Å². The summed E-state index contributed by atoms with van der Waals surface area (Å²) in [5, 5.41) is 12.5. The average molecular weight is 247 g/mol. The molecule has 0 bridgehead atoms. The normalized spacial score (nSPS) is 16.9. The zero-order chi connectivity index (χ0) is 13.0. The number of hydrogen-bond donors (Lipinski definition) is 1. The molecular weight excluding hydrogens is 226 g/mol. The maximum Gasteiger partial charge on any atom is 0.120 e. The van der Waals surface area contributed by atoms with Crippen molar-refractivity contribution in [2.45, 2.75) is 52.1 Å². The van der Waals surface area contributed by atoms with Gasteiger partial charge in [-0.05, 0) is 49.8 Å². The van der Waals surface area contributed by atoms with Gasteiger partial charge in [0, 0.05) is 5.56 Å². The molecule has 1 N–H and O–H groups in total. The lowest BCUT2D eigenvalue weighted by Gasteiger charge is -2.20. The zero-order valence-electron chi connectivity index (χ0n) is 11.1. The van der Waals surface area contributed by atoms with E-state index < -0.39 is 0 Å². The summed E-state index contributed by atoms with van der Waals surface area (Å²) >= 11 is 0. The van der Waals surface area contributed by atoms with Crippen molar-refractivity contribution in [1.82, 2.24) is 0 Å². The Bertz CT molecular complexity index is 436. The van der Waals surface area contributed by atoms with Crippen molar-refractivity contribution in [3.8, 4) is 5.75 Å². The molecule has 3 nitrogen and oxygen atoms in total. The van der Waals surface area contributed by atoms with E-state index in [2.05, 4.69) is 25.1 Å². The van der Waals surface area contributed by atoms with E-state index in [-0.39, 0.29) is 6.10 Å². The number of hydrogen-bond acceptors (Lipinski definition) is 3. The SMILES string of the molecule is CCC(CC)Oc1ccc2c(c1)/C(=N\O)CCC2. The Hall–Kier alpha value is -1.51. The molecule has 3 heteroatoms. The molecular formula is C15H21NO2. The molecule has 0 heterocycles. The molecule has 1 aliphatic carbocycles. The Balaban J connectivity index is 2.25. The summed E-state index contributed by atoms with van der Waals surface area (Å²) in [6, 6.07) is 6.14. The number of benzene rings is 1. The van der Waals surface area contributed by atoms with E-state index in [4.69, 9.17) is 9.94 Å². The highest BCUT2D eigenvalue weighted by molar-refractivity contribution is 6.02. The smallest absolute Gasteiger partial charge is 0.120 e. The van der Waals surface area contributed by atoms with Crippen LogP contribution in [-0.4, -0.2) is 17.0 Å². The van der Waals surface area contributed by atoms with Crippen LogP contribution in [0.3, 0.4) is 0 Å². The van der Waals surface area contributed by atoms with Crippen molar-refractivity contribution >= 4 is 5.71 Å². The molecule has 1 aromatic carbocycles. The first-order valence-corrected chi connectivity index (χ1v) is 6.79. The lowest BCUT2D eigenvalue weighted by atomic mass is 9.90. The predicted octanol–water partition coefficient (Wildman–Crippen LogP) is 3.77. The Morgan fingerprint density at radius 2 is 2.06 bits per heavy atom. The van der Waals surface area contributed by atoms with Gasteiger partial charge < -0.3 is 9.94 Å². The van der Waals surface area contributed by atoms with E-state index in [0.29, 0.717) is 0 Å². The summed E-state index contributed by atoms with van der Waals surface area (Å²) in [5.41, 5.74) is 3.09. The van der Waals surface area contributed by atoms with Gasteiger partial charge in [-0.1, -0.05) is 25.1 Å². The van der Waals surface area contributed by atoms with Crippen molar-refractivity contribution in [2.75, 3.05) is 0 Å². The van der Waals surface area contributed by atoms with Crippen LogP contribution >= 0.6 is 0 Å². The monoisotopic (exact) mass is 247 g/mol. The fraction of sp³-hybridized carbons (Fsp3) is 0.533. The largest absolute Gasteiger partial charge is 0.490 e. The Morgan fingerprint density at radius 1 is 1.28 bits per heavy atom. The molecule has 0 radical (unpaired) electrons. The molecule has 1 aromatic rings. The molecule has 0 fully saturated rings. The first-order chi connectivity index (χ1) is 8.78. The third kappa shape index (κ3) is 2.66. The Morgan fingerprint density at radius 3 is 2.72 bits per heavy atom. The third-order valence-corrected chi connectivity index (χ3v) is 3.59. The van der Waals surface area contributed by atoms with Gasteiger partial charge in [-0.3, -0.25) is 0 Å². The highest BCUT2D eigenvalue weighted by Gasteiger charge is 2.17. The maximum atomic E-state index is 9.05.